The van der Waals surface area contributed by atoms with E-state index in [9.17, 15) is 12.8 Å². The van der Waals surface area contributed by atoms with Gasteiger partial charge >= 0.3 is 0 Å². The minimum absolute atomic E-state index is 0.0655. The van der Waals surface area contributed by atoms with Crippen LogP contribution in [0.5, 0.6) is 0 Å². The summed E-state index contributed by atoms with van der Waals surface area (Å²) in [5.41, 5.74) is 6.42. The van der Waals surface area contributed by atoms with Crippen molar-refractivity contribution < 1.29 is 12.8 Å². The lowest BCUT2D eigenvalue weighted by molar-refractivity contribution is 0.597. The maximum absolute atomic E-state index is 13.2. The summed E-state index contributed by atoms with van der Waals surface area (Å²) in [6.07, 6.45) is 1.32. The fourth-order valence-corrected chi connectivity index (χ4v) is 3.49. The Hall–Kier alpha value is -2.15. The Morgan fingerprint density at radius 1 is 1.20 bits per heavy atom. The summed E-state index contributed by atoms with van der Waals surface area (Å²) >= 11 is 0. The van der Waals surface area contributed by atoms with Crippen molar-refractivity contribution in [1.29, 1.82) is 0 Å². The van der Waals surface area contributed by atoms with Crippen LogP contribution in [0.1, 0.15) is 11.1 Å². The Labute approximate surface area is 116 Å². The molecular formula is C13H14FN3O2S. The summed E-state index contributed by atoms with van der Waals surface area (Å²) in [7, 11) is -3.80. The van der Waals surface area contributed by atoms with E-state index < -0.39 is 15.8 Å². The third kappa shape index (κ3) is 2.88. The highest BCUT2D eigenvalue weighted by molar-refractivity contribution is 7.92. The number of nitrogen functional groups attached to an aromatic ring is 1. The molecule has 0 fully saturated rings. The van der Waals surface area contributed by atoms with Gasteiger partial charge in [-0.05, 0) is 49.2 Å². The monoisotopic (exact) mass is 295 g/mol. The summed E-state index contributed by atoms with van der Waals surface area (Å²) in [5.74, 6) is -0.171. The van der Waals surface area contributed by atoms with Crippen molar-refractivity contribution in [2.45, 2.75) is 18.7 Å². The van der Waals surface area contributed by atoms with Gasteiger partial charge < -0.3 is 5.73 Å². The fourth-order valence-electron chi connectivity index (χ4n) is 1.99. The second-order valence-electron chi connectivity index (χ2n) is 4.45. The van der Waals surface area contributed by atoms with Crippen LogP contribution in [-0.2, 0) is 10.0 Å². The molecule has 20 heavy (non-hydrogen) atoms. The molecule has 0 aliphatic heterocycles. The number of sulfonamides is 1. The Balaban J connectivity index is 2.43. The normalized spacial score (nSPS) is 11.3. The zero-order chi connectivity index (χ0) is 14.9. The number of nitrogens with one attached hydrogen (secondary N) is 1. The third-order valence-corrected chi connectivity index (χ3v) is 4.42. The maximum atomic E-state index is 13.2. The van der Waals surface area contributed by atoms with Crippen LogP contribution in [0, 0.1) is 19.7 Å². The highest BCUT2D eigenvalue weighted by Gasteiger charge is 2.20. The molecule has 106 valence electrons. The van der Waals surface area contributed by atoms with Crippen LogP contribution in [0.25, 0.3) is 0 Å². The van der Waals surface area contributed by atoms with Gasteiger partial charge in [0.1, 0.15) is 11.6 Å². The molecule has 3 N–H and O–H groups in total. The molecule has 2 aromatic rings. The molecule has 5 nitrogen and oxygen atoms in total. The number of hydrogen-bond acceptors (Lipinski definition) is 4. The molecular weight excluding hydrogens is 281 g/mol. The highest BCUT2D eigenvalue weighted by atomic mass is 32.2. The molecule has 0 saturated carbocycles. The lowest BCUT2D eigenvalue weighted by Gasteiger charge is -2.13. The summed E-state index contributed by atoms with van der Waals surface area (Å²) in [4.78, 5) is 3.87. The minimum Gasteiger partial charge on any atom is -0.384 e. The molecule has 1 aromatic heterocycles. The summed E-state index contributed by atoms with van der Waals surface area (Å²) in [6, 6.07) is 5.36. The van der Waals surface area contributed by atoms with Gasteiger partial charge in [-0.3, -0.25) is 4.72 Å². The first kappa shape index (κ1) is 14.3. The van der Waals surface area contributed by atoms with E-state index in [1.54, 1.807) is 13.8 Å². The van der Waals surface area contributed by atoms with Crippen LogP contribution in [0.15, 0.2) is 35.4 Å². The van der Waals surface area contributed by atoms with Crippen molar-refractivity contribution in [2.24, 2.45) is 0 Å². The van der Waals surface area contributed by atoms with E-state index in [1.807, 2.05) is 0 Å². The van der Waals surface area contributed by atoms with Crippen molar-refractivity contribution in [2.75, 3.05) is 10.5 Å². The van der Waals surface area contributed by atoms with E-state index in [0.717, 1.165) is 0 Å². The van der Waals surface area contributed by atoms with Gasteiger partial charge in [-0.25, -0.2) is 17.8 Å². The average molecular weight is 295 g/mol. The van der Waals surface area contributed by atoms with Gasteiger partial charge in [0.2, 0.25) is 0 Å². The SMILES string of the molecule is Cc1cc(F)cc(C)c1S(=O)(=O)Nc1ccc(N)nc1. The van der Waals surface area contributed by atoms with Crippen LogP contribution in [-0.4, -0.2) is 13.4 Å². The zero-order valence-electron chi connectivity index (χ0n) is 11.0. The van der Waals surface area contributed by atoms with E-state index >= 15 is 0 Å². The molecule has 1 aromatic carbocycles. The number of benzene rings is 1. The number of aryl methyl sites for hydroxylation is 2. The predicted molar refractivity (Wildman–Crippen MR) is 75.3 cm³/mol. The quantitative estimate of drug-likeness (QED) is 0.909. The molecule has 0 bridgehead atoms. The number of anilines is 2. The molecule has 0 aliphatic carbocycles. The average Bonchev–Trinajstić information content (AvgIpc) is 2.30. The molecule has 2 rings (SSSR count). The summed E-state index contributed by atoms with van der Waals surface area (Å²) in [6.45, 7) is 3.09. The van der Waals surface area contributed by atoms with Gasteiger partial charge in [0.15, 0.2) is 0 Å². The van der Waals surface area contributed by atoms with Gasteiger partial charge in [-0.1, -0.05) is 0 Å². The minimum atomic E-state index is -3.80. The lowest BCUT2D eigenvalue weighted by atomic mass is 10.1. The standard InChI is InChI=1S/C13H14FN3O2S/c1-8-5-10(14)6-9(2)13(8)20(18,19)17-11-3-4-12(15)16-7-11/h3-7,17H,1-2H3,(H2,15,16). The molecule has 7 heteroatoms. The molecule has 1 heterocycles. The van der Waals surface area contributed by atoms with Gasteiger partial charge in [-0.2, -0.15) is 0 Å². The Kier molecular flexibility index (Phi) is 3.63. The predicted octanol–water partition coefficient (Wildman–Crippen LogP) is 2.22. The van der Waals surface area contributed by atoms with Gasteiger partial charge in [0.05, 0.1) is 16.8 Å². The van der Waals surface area contributed by atoms with Crippen LogP contribution in [0.2, 0.25) is 0 Å². The van der Waals surface area contributed by atoms with E-state index in [4.69, 9.17) is 5.73 Å². The maximum Gasteiger partial charge on any atom is 0.262 e. The number of nitrogens with zero attached hydrogens (tertiary/aromatic N) is 1. The number of halogens is 1. The smallest absolute Gasteiger partial charge is 0.262 e. The summed E-state index contributed by atoms with van der Waals surface area (Å²) < 4.78 is 40.3. The zero-order valence-corrected chi connectivity index (χ0v) is 11.8. The molecule has 0 amide bonds. The number of aromatic nitrogens is 1. The highest BCUT2D eigenvalue weighted by Crippen LogP contribution is 2.23. The number of nitrogens with two attached hydrogens (primary N) is 1. The van der Waals surface area contributed by atoms with Crippen molar-refractivity contribution in [3.05, 3.63) is 47.4 Å². The first-order valence-corrected chi connectivity index (χ1v) is 7.29. The Morgan fingerprint density at radius 3 is 2.30 bits per heavy atom. The van der Waals surface area contributed by atoms with Crippen LogP contribution in [0.3, 0.4) is 0 Å². The van der Waals surface area contributed by atoms with Crippen LogP contribution in [0.4, 0.5) is 15.9 Å². The van der Waals surface area contributed by atoms with Crippen molar-refractivity contribution in [3.63, 3.8) is 0 Å². The summed E-state index contributed by atoms with van der Waals surface area (Å²) in [5, 5.41) is 0. The van der Waals surface area contributed by atoms with E-state index in [-0.39, 0.29) is 4.90 Å². The number of rotatable bonds is 3. The van der Waals surface area contributed by atoms with E-state index in [1.165, 1.54) is 30.5 Å². The largest absolute Gasteiger partial charge is 0.384 e. The fraction of sp³-hybridized carbons (Fsp3) is 0.154. The van der Waals surface area contributed by atoms with Gasteiger partial charge in [-0.15, -0.1) is 0 Å². The molecule has 0 spiro atoms. The van der Waals surface area contributed by atoms with E-state index in [0.29, 0.717) is 22.6 Å². The molecule has 0 saturated heterocycles. The first-order valence-electron chi connectivity index (χ1n) is 5.81. The molecule has 0 atom stereocenters. The Morgan fingerprint density at radius 2 is 1.80 bits per heavy atom. The first-order chi connectivity index (χ1) is 9.29. The van der Waals surface area contributed by atoms with Gasteiger partial charge in [0.25, 0.3) is 10.0 Å². The van der Waals surface area contributed by atoms with Crippen molar-refractivity contribution >= 4 is 21.5 Å². The number of hydrogen-bond donors (Lipinski definition) is 2. The topological polar surface area (TPSA) is 85.1 Å². The molecule has 0 aliphatic rings. The molecule has 0 radical (unpaired) electrons. The van der Waals surface area contributed by atoms with Crippen LogP contribution < -0.4 is 10.5 Å². The van der Waals surface area contributed by atoms with Crippen molar-refractivity contribution in [3.8, 4) is 0 Å². The Bertz CT molecular complexity index is 720. The van der Waals surface area contributed by atoms with Crippen molar-refractivity contribution in [1.82, 2.24) is 4.98 Å². The third-order valence-electron chi connectivity index (χ3n) is 2.73. The molecule has 0 unspecified atom stereocenters. The van der Waals surface area contributed by atoms with E-state index in [2.05, 4.69) is 9.71 Å². The second kappa shape index (κ2) is 5.09. The van der Waals surface area contributed by atoms with Gasteiger partial charge in [0, 0.05) is 0 Å². The second-order valence-corrected chi connectivity index (χ2v) is 6.07. The lowest BCUT2D eigenvalue weighted by Crippen LogP contribution is -2.16. The van der Waals surface area contributed by atoms with Crippen LogP contribution >= 0.6 is 0 Å². The number of pyridine rings is 1.